The number of amides is 1. The molecule has 0 saturated carbocycles. The highest BCUT2D eigenvalue weighted by Gasteiger charge is 2.15. The Labute approximate surface area is 134 Å². The summed E-state index contributed by atoms with van der Waals surface area (Å²) in [6.45, 7) is 0.130. The first-order valence-electron chi connectivity index (χ1n) is 6.61. The van der Waals surface area contributed by atoms with E-state index in [1.165, 1.54) is 23.8 Å². The van der Waals surface area contributed by atoms with Crippen molar-refractivity contribution in [2.24, 2.45) is 0 Å². The maximum absolute atomic E-state index is 12.1. The minimum absolute atomic E-state index is 0.0345. The molecule has 0 aliphatic carbocycles. The first-order valence-corrected chi connectivity index (χ1v) is 7.49. The third-order valence-corrected chi connectivity index (χ3v) is 3.97. The van der Waals surface area contributed by atoms with E-state index in [0.717, 1.165) is 5.39 Å². The standard InChI is InChI=1S/C15H12N2O5S/c1-21-10-4-2-3-8-5-11(22-13(8)10)14(18)16-6-12-17-9(7-23-12)15(19)20/h2-5,7H,6H2,1H3,(H,16,18)(H,19,20). The molecule has 2 N–H and O–H groups in total. The summed E-state index contributed by atoms with van der Waals surface area (Å²) in [6.07, 6.45) is 0. The topological polar surface area (TPSA) is 102 Å². The van der Waals surface area contributed by atoms with Crippen LogP contribution in [0.4, 0.5) is 0 Å². The number of ether oxygens (including phenoxy) is 1. The van der Waals surface area contributed by atoms with Crippen LogP contribution in [0.3, 0.4) is 0 Å². The summed E-state index contributed by atoms with van der Waals surface area (Å²) in [5.41, 5.74) is 0.468. The fraction of sp³-hybridized carbons (Fsp3) is 0.133. The number of para-hydroxylation sites is 1. The number of aromatic nitrogens is 1. The lowest BCUT2D eigenvalue weighted by molar-refractivity contribution is 0.0691. The van der Waals surface area contributed by atoms with Gasteiger partial charge in [-0.3, -0.25) is 4.79 Å². The summed E-state index contributed by atoms with van der Waals surface area (Å²) in [4.78, 5) is 26.8. The maximum atomic E-state index is 12.1. The Morgan fingerprint density at radius 2 is 2.26 bits per heavy atom. The molecule has 0 radical (unpaired) electrons. The van der Waals surface area contributed by atoms with Gasteiger partial charge in [0.25, 0.3) is 5.91 Å². The molecule has 1 aromatic carbocycles. The van der Waals surface area contributed by atoms with Crippen molar-refractivity contribution in [3.63, 3.8) is 0 Å². The molecule has 7 nitrogen and oxygen atoms in total. The molecule has 0 atom stereocenters. The number of rotatable bonds is 5. The lowest BCUT2D eigenvalue weighted by Gasteiger charge is -2.00. The third kappa shape index (κ3) is 3.02. The number of carboxylic acid groups (broad SMARTS) is 1. The number of carbonyl (C=O) groups is 2. The van der Waals surface area contributed by atoms with Crippen LogP contribution in [0.5, 0.6) is 5.75 Å². The van der Waals surface area contributed by atoms with Gasteiger partial charge in [0.1, 0.15) is 5.01 Å². The van der Waals surface area contributed by atoms with Gasteiger partial charge in [0.2, 0.25) is 0 Å². The zero-order valence-electron chi connectivity index (χ0n) is 12.0. The summed E-state index contributed by atoms with van der Waals surface area (Å²) < 4.78 is 10.7. The second-order valence-electron chi connectivity index (χ2n) is 4.60. The van der Waals surface area contributed by atoms with E-state index < -0.39 is 11.9 Å². The lowest BCUT2D eigenvalue weighted by Crippen LogP contribution is -2.22. The van der Waals surface area contributed by atoms with Crippen LogP contribution in [0, 0.1) is 0 Å². The summed E-state index contributed by atoms with van der Waals surface area (Å²) >= 11 is 1.17. The van der Waals surface area contributed by atoms with Crippen LogP contribution in [-0.4, -0.2) is 29.1 Å². The van der Waals surface area contributed by atoms with E-state index >= 15 is 0 Å². The van der Waals surface area contributed by atoms with Crippen LogP contribution in [0.1, 0.15) is 26.1 Å². The Bertz CT molecular complexity index is 883. The number of hydrogen-bond acceptors (Lipinski definition) is 6. The quantitative estimate of drug-likeness (QED) is 0.744. The fourth-order valence-corrected chi connectivity index (χ4v) is 2.75. The smallest absolute Gasteiger partial charge is 0.355 e. The van der Waals surface area contributed by atoms with Gasteiger partial charge in [0.15, 0.2) is 22.8 Å². The normalized spacial score (nSPS) is 10.7. The van der Waals surface area contributed by atoms with Crippen molar-refractivity contribution in [3.8, 4) is 5.75 Å². The molecule has 3 aromatic rings. The van der Waals surface area contributed by atoms with E-state index in [1.54, 1.807) is 18.2 Å². The number of thiazole rings is 1. The van der Waals surface area contributed by atoms with Gasteiger partial charge in [-0.05, 0) is 12.1 Å². The van der Waals surface area contributed by atoms with Gasteiger partial charge >= 0.3 is 5.97 Å². The number of methoxy groups -OCH3 is 1. The van der Waals surface area contributed by atoms with Crippen molar-refractivity contribution >= 4 is 34.2 Å². The van der Waals surface area contributed by atoms with Gasteiger partial charge in [0.05, 0.1) is 13.7 Å². The molecule has 0 saturated heterocycles. The summed E-state index contributed by atoms with van der Waals surface area (Å²) in [5, 5.41) is 14.2. The zero-order chi connectivity index (χ0) is 16.4. The number of fused-ring (bicyclic) bond motifs is 1. The number of benzene rings is 1. The van der Waals surface area contributed by atoms with Gasteiger partial charge in [-0.1, -0.05) is 12.1 Å². The minimum Gasteiger partial charge on any atom is -0.493 e. The zero-order valence-corrected chi connectivity index (χ0v) is 12.8. The molecule has 118 valence electrons. The van der Waals surface area contributed by atoms with Crippen molar-refractivity contribution in [2.75, 3.05) is 7.11 Å². The lowest BCUT2D eigenvalue weighted by atomic mass is 10.2. The van der Waals surface area contributed by atoms with Crippen LogP contribution in [0.25, 0.3) is 11.0 Å². The van der Waals surface area contributed by atoms with Crippen molar-refractivity contribution in [1.29, 1.82) is 0 Å². The highest BCUT2D eigenvalue weighted by atomic mass is 32.1. The van der Waals surface area contributed by atoms with E-state index in [9.17, 15) is 9.59 Å². The summed E-state index contributed by atoms with van der Waals surface area (Å²) in [6, 6.07) is 6.99. The van der Waals surface area contributed by atoms with Crippen LogP contribution < -0.4 is 10.1 Å². The van der Waals surface area contributed by atoms with E-state index in [4.69, 9.17) is 14.3 Å². The molecule has 1 amide bonds. The van der Waals surface area contributed by atoms with Crippen LogP contribution in [0.2, 0.25) is 0 Å². The van der Waals surface area contributed by atoms with Gasteiger partial charge in [-0.25, -0.2) is 9.78 Å². The number of hydrogen-bond donors (Lipinski definition) is 2. The van der Waals surface area contributed by atoms with E-state index in [1.807, 2.05) is 6.07 Å². The number of furan rings is 1. The number of carbonyl (C=O) groups excluding carboxylic acids is 1. The maximum Gasteiger partial charge on any atom is 0.355 e. The van der Waals surface area contributed by atoms with Gasteiger partial charge in [-0.2, -0.15) is 0 Å². The number of carboxylic acids is 1. The van der Waals surface area contributed by atoms with Gasteiger partial charge in [-0.15, -0.1) is 11.3 Å². The Morgan fingerprint density at radius 1 is 1.43 bits per heavy atom. The Hall–Kier alpha value is -2.87. The number of aromatic carboxylic acids is 1. The minimum atomic E-state index is -1.09. The van der Waals surface area contributed by atoms with Crippen molar-refractivity contribution in [2.45, 2.75) is 6.54 Å². The molecule has 2 aromatic heterocycles. The van der Waals surface area contributed by atoms with E-state index in [-0.39, 0.29) is 18.0 Å². The molecule has 0 bridgehead atoms. The van der Waals surface area contributed by atoms with E-state index in [2.05, 4.69) is 10.3 Å². The van der Waals surface area contributed by atoms with E-state index in [0.29, 0.717) is 16.3 Å². The molecule has 0 aliphatic rings. The molecule has 0 unspecified atom stereocenters. The Morgan fingerprint density at radius 3 is 2.96 bits per heavy atom. The van der Waals surface area contributed by atoms with Gasteiger partial charge < -0.3 is 19.6 Å². The van der Waals surface area contributed by atoms with Crippen molar-refractivity contribution < 1.29 is 23.8 Å². The molecular weight excluding hydrogens is 320 g/mol. The summed E-state index contributed by atoms with van der Waals surface area (Å²) in [5.74, 6) is -0.800. The molecule has 0 spiro atoms. The largest absolute Gasteiger partial charge is 0.493 e. The molecule has 8 heteroatoms. The van der Waals surface area contributed by atoms with Crippen molar-refractivity contribution in [1.82, 2.24) is 10.3 Å². The highest BCUT2D eigenvalue weighted by molar-refractivity contribution is 7.09. The van der Waals surface area contributed by atoms with Crippen molar-refractivity contribution in [3.05, 3.63) is 46.1 Å². The van der Waals surface area contributed by atoms with Crippen LogP contribution >= 0.6 is 11.3 Å². The first kappa shape index (κ1) is 15.0. The second kappa shape index (κ2) is 6.09. The number of nitrogens with zero attached hydrogens (tertiary/aromatic N) is 1. The predicted molar refractivity (Wildman–Crippen MR) is 83.0 cm³/mol. The Kier molecular flexibility index (Phi) is 3.98. The summed E-state index contributed by atoms with van der Waals surface area (Å²) in [7, 11) is 1.53. The molecule has 2 heterocycles. The highest BCUT2D eigenvalue weighted by Crippen LogP contribution is 2.28. The number of nitrogens with one attached hydrogen (secondary N) is 1. The molecule has 23 heavy (non-hydrogen) atoms. The predicted octanol–water partition coefficient (Wildman–Crippen LogP) is 2.53. The Balaban J connectivity index is 1.74. The molecule has 0 aliphatic heterocycles. The monoisotopic (exact) mass is 332 g/mol. The average Bonchev–Trinajstić information content (AvgIpc) is 3.18. The fourth-order valence-electron chi connectivity index (χ4n) is 2.04. The van der Waals surface area contributed by atoms with Gasteiger partial charge in [0, 0.05) is 10.8 Å². The molecule has 3 rings (SSSR count). The van der Waals surface area contributed by atoms with Crippen LogP contribution in [0.15, 0.2) is 34.1 Å². The average molecular weight is 332 g/mol. The van der Waals surface area contributed by atoms with Crippen LogP contribution in [-0.2, 0) is 6.54 Å². The molecule has 0 fully saturated rings. The SMILES string of the molecule is COc1cccc2cc(C(=O)NCc3nc(C(=O)O)cs3)oc12. The third-order valence-electron chi connectivity index (χ3n) is 3.12. The first-order chi connectivity index (χ1) is 11.1. The second-order valence-corrected chi connectivity index (χ2v) is 5.55. The molecular formula is C15H12N2O5S.